The monoisotopic (exact) mass is 294 g/mol. The van der Waals surface area contributed by atoms with E-state index in [4.69, 9.17) is 10.5 Å². The van der Waals surface area contributed by atoms with Gasteiger partial charge >= 0.3 is 0 Å². The van der Waals surface area contributed by atoms with Crippen molar-refractivity contribution >= 4 is 15.7 Å². The SMILES string of the molecule is COc1cc(CNS(=O)(=O)c2cnccc2N)ccn1. The standard InChI is InChI=1S/C12H14N4O3S/c1-19-12-6-9(2-5-15-12)7-16-20(17,18)11-8-14-4-3-10(11)13/h2-6,8,16H,7H2,1H3,(H2,13,14). The lowest BCUT2D eigenvalue weighted by atomic mass is 10.3. The van der Waals surface area contributed by atoms with Gasteiger partial charge in [-0.1, -0.05) is 0 Å². The van der Waals surface area contributed by atoms with Crippen LogP contribution in [-0.4, -0.2) is 25.5 Å². The number of aromatic nitrogens is 2. The van der Waals surface area contributed by atoms with Gasteiger partial charge in [-0.25, -0.2) is 18.1 Å². The molecule has 2 rings (SSSR count). The minimum atomic E-state index is -3.71. The summed E-state index contributed by atoms with van der Waals surface area (Å²) in [7, 11) is -2.21. The Hall–Kier alpha value is -2.19. The first-order valence-corrected chi connectivity index (χ1v) is 7.19. The third-order valence-electron chi connectivity index (χ3n) is 2.58. The van der Waals surface area contributed by atoms with Crippen molar-refractivity contribution in [3.05, 3.63) is 42.4 Å². The number of ether oxygens (including phenoxy) is 1. The maximum atomic E-state index is 12.1. The topological polar surface area (TPSA) is 107 Å². The fraction of sp³-hybridized carbons (Fsp3) is 0.167. The number of anilines is 1. The molecule has 0 saturated carbocycles. The molecule has 0 aromatic carbocycles. The van der Waals surface area contributed by atoms with Crippen LogP contribution in [0.15, 0.2) is 41.7 Å². The van der Waals surface area contributed by atoms with Gasteiger partial charge in [0.05, 0.1) is 12.8 Å². The molecule has 0 unspecified atom stereocenters. The van der Waals surface area contributed by atoms with Crippen molar-refractivity contribution in [2.24, 2.45) is 0 Å². The predicted octanol–water partition coefficient (Wildman–Crippen LogP) is 0.546. The Morgan fingerprint density at radius 3 is 2.85 bits per heavy atom. The highest BCUT2D eigenvalue weighted by molar-refractivity contribution is 7.89. The summed E-state index contributed by atoms with van der Waals surface area (Å²) in [4.78, 5) is 7.67. The number of nitrogens with zero attached hydrogens (tertiary/aromatic N) is 2. The Bertz CT molecular complexity index is 703. The van der Waals surface area contributed by atoms with Crippen LogP contribution in [0.1, 0.15) is 5.56 Å². The highest BCUT2D eigenvalue weighted by Crippen LogP contribution is 2.16. The van der Waals surface area contributed by atoms with E-state index in [1.807, 2.05) is 0 Å². The fourth-order valence-electron chi connectivity index (χ4n) is 1.54. The lowest BCUT2D eigenvalue weighted by Gasteiger charge is -2.09. The minimum Gasteiger partial charge on any atom is -0.481 e. The molecule has 0 aliphatic rings. The van der Waals surface area contributed by atoms with Gasteiger partial charge in [0.2, 0.25) is 15.9 Å². The molecule has 0 radical (unpaired) electrons. The second-order valence-corrected chi connectivity index (χ2v) is 5.68. The Kier molecular flexibility index (Phi) is 4.16. The summed E-state index contributed by atoms with van der Waals surface area (Å²) < 4.78 is 31.6. The molecule has 0 aliphatic carbocycles. The Labute approximate surface area is 116 Å². The van der Waals surface area contributed by atoms with Crippen LogP contribution in [0.25, 0.3) is 0 Å². The molecule has 0 spiro atoms. The molecule has 106 valence electrons. The van der Waals surface area contributed by atoms with Gasteiger partial charge in [-0.15, -0.1) is 0 Å². The minimum absolute atomic E-state index is 0.0407. The van der Waals surface area contributed by atoms with Crippen LogP contribution in [0, 0.1) is 0 Å². The molecule has 0 atom stereocenters. The zero-order chi connectivity index (χ0) is 14.6. The maximum Gasteiger partial charge on any atom is 0.244 e. The number of sulfonamides is 1. The molecule has 0 bridgehead atoms. The van der Waals surface area contributed by atoms with E-state index in [0.29, 0.717) is 5.88 Å². The Balaban J connectivity index is 2.15. The van der Waals surface area contributed by atoms with Crippen molar-refractivity contribution in [3.63, 3.8) is 0 Å². The van der Waals surface area contributed by atoms with Crippen molar-refractivity contribution in [2.75, 3.05) is 12.8 Å². The van der Waals surface area contributed by atoms with Crippen LogP contribution >= 0.6 is 0 Å². The predicted molar refractivity (Wildman–Crippen MR) is 73.5 cm³/mol. The molecular formula is C12H14N4O3S. The molecule has 20 heavy (non-hydrogen) atoms. The van der Waals surface area contributed by atoms with E-state index in [2.05, 4.69) is 14.7 Å². The first kappa shape index (κ1) is 14.2. The number of nitrogens with two attached hydrogens (primary N) is 1. The number of hydrogen-bond acceptors (Lipinski definition) is 6. The van der Waals surface area contributed by atoms with E-state index in [1.165, 1.54) is 25.6 Å². The quantitative estimate of drug-likeness (QED) is 0.833. The highest BCUT2D eigenvalue weighted by atomic mass is 32.2. The van der Waals surface area contributed by atoms with Gasteiger partial charge in [0.25, 0.3) is 0 Å². The molecule has 7 nitrogen and oxygen atoms in total. The zero-order valence-electron chi connectivity index (χ0n) is 10.8. The lowest BCUT2D eigenvalue weighted by Crippen LogP contribution is -2.24. The molecule has 2 heterocycles. The third-order valence-corrected chi connectivity index (χ3v) is 4.03. The average molecular weight is 294 g/mol. The molecule has 0 saturated heterocycles. The van der Waals surface area contributed by atoms with Crippen LogP contribution in [0.3, 0.4) is 0 Å². The number of pyridine rings is 2. The van der Waals surface area contributed by atoms with Gasteiger partial charge in [0.1, 0.15) is 4.90 Å². The van der Waals surface area contributed by atoms with Crippen molar-refractivity contribution in [1.82, 2.24) is 14.7 Å². The summed E-state index contributed by atoms with van der Waals surface area (Å²) in [6.07, 6.45) is 4.19. The highest BCUT2D eigenvalue weighted by Gasteiger charge is 2.17. The van der Waals surface area contributed by atoms with Crippen LogP contribution < -0.4 is 15.2 Å². The molecule has 2 aromatic heterocycles. The normalized spacial score (nSPS) is 11.2. The fourth-order valence-corrected chi connectivity index (χ4v) is 2.63. The van der Waals surface area contributed by atoms with Crippen molar-refractivity contribution in [1.29, 1.82) is 0 Å². The summed E-state index contributed by atoms with van der Waals surface area (Å²) >= 11 is 0. The van der Waals surface area contributed by atoms with E-state index in [9.17, 15) is 8.42 Å². The summed E-state index contributed by atoms with van der Waals surface area (Å²) in [5, 5.41) is 0. The van der Waals surface area contributed by atoms with Gasteiger partial charge in [0.15, 0.2) is 0 Å². The second kappa shape index (κ2) is 5.85. The van der Waals surface area contributed by atoms with Gasteiger partial charge in [-0.3, -0.25) is 4.98 Å². The summed E-state index contributed by atoms with van der Waals surface area (Å²) in [6, 6.07) is 4.77. The van der Waals surface area contributed by atoms with Crippen molar-refractivity contribution < 1.29 is 13.2 Å². The van der Waals surface area contributed by atoms with Gasteiger partial charge < -0.3 is 10.5 Å². The molecule has 8 heteroatoms. The van der Waals surface area contributed by atoms with E-state index in [1.54, 1.807) is 18.3 Å². The summed E-state index contributed by atoms with van der Waals surface area (Å²) in [5.41, 5.74) is 6.51. The van der Waals surface area contributed by atoms with Gasteiger partial charge in [-0.05, 0) is 17.7 Å². The number of hydrogen-bond donors (Lipinski definition) is 2. The molecule has 3 N–H and O–H groups in total. The summed E-state index contributed by atoms with van der Waals surface area (Å²) in [6.45, 7) is 0.107. The van der Waals surface area contributed by atoms with E-state index in [-0.39, 0.29) is 17.1 Å². The molecular weight excluding hydrogens is 280 g/mol. The van der Waals surface area contributed by atoms with Crippen molar-refractivity contribution in [3.8, 4) is 5.88 Å². The van der Waals surface area contributed by atoms with Crippen molar-refractivity contribution in [2.45, 2.75) is 11.4 Å². The van der Waals surface area contributed by atoms with Gasteiger partial charge in [0, 0.05) is 31.2 Å². The molecule has 0 aliphatic heterocycles. The van der Waals surface area contributed by atoms with E-state index < -0.39 is 10.0 Å². The maximum absolute atomic E-state index is 12.1. The smallest absolute Gasteiger partial charge is 0.244 e. The molecule has 0 amide bonds. The summed E-state index contributed by atoms with van der Waals surface area (Å²) in [5.74, 6) is 0.419. The Morgan fingerprint density at radius 1 is 1.35 bits per heavy atom. The zero-order valence-corrected chi connectivity index (χ0v) is 11.6. The number of nitrogens with one attached hydrogen (secondary N) is 1. The largest absolute Gasteiger partial charge is 0.481 e. The first-order valence-electron chi connectivity index (χ1n) is 5.71. The average Bonchev–Trinajstić information content (AvgIpc) is 2.46. The van der Waals surface area contributed by atoms with E-state index in [0.717, 1.165) is 5.56 Å². The van der Waals surface area contributed by atoms with Crippen LogP contribution in [0.4, 0.5) is 5.69 Å². The molecule has 0 fully saturated rings. The van der Waals surface area contributed by atoms with Crippen LogP contribution in [0.2, 0.25) is 0 Å². The van der Waals surface area contributed by atoms with E-state index >= 15 is 0 Å². The van der Waals surface area contributed by atoms with Gasteiger partial charge in [-0.2, -0.15) is 0 Å². The number of methoxy groups -OCH3 is 1. The second-order valence-electron chi connectivity index (χ2n) is 3.94. The number of nitrogen functional groups attached to an aromatic ring is 1. The van der Waals surface area contributed by atoms with Crippen LogP contribution in [0.5, 0.6) is 5.88 Å². The number of rotatable bonds is 5. The third kappa shape index (κ3) is 3.22. The molecule has 2 aromatic rings. The lowest BCUT2D eigenvalue weighted by molar-refractivity contribution is 0.397. The van der Waals surface area contributed by atoms with Crippen LogP contribution in [-0.2, 0) is 16.6 Å². The Morgan fingerprint density at radius 2 is 2.15 bits per heavy atom. The first-order chi connectivity index (χ1) is 9.53.